The Morgan fingerprint density at radius 1 is 1.30 bits per heavy atom. The Morgan fingerprint density at radius 2 is 1.70 bits per heavy atom. The molecule has 0 amide bonds. The molecule has 0 aliphatic heterocycles. The van der Waals surface area contributed by atoms with Crippen LogP contribution in [0.25, 0.3) is 0 Å². The molecule has 0 saturated carbocycles. The quantitative estimate of drug-likeness (QED) is 0.592. The summed E-state index contributed by atoms with van der Waals surface area (Å²) in [5.74, 6) is 0.0000926. The normalized spacial score (nSPS) is 16.9. The van der Waals surface area contributed by atoms with Crippen molar-refractivity contribution in [2.24, 2.45) is 11.8 Å². The summed E-state index contributed by atoms with van der Waals surface area (Å²) >= 11 is 0. The fraction of sp³-hybridized carbons (Fsp3) is 0.750. The zero-order valence-corrected chi connectivity index (χ0v) is 6.83. The standard InChI is InChI=1S/C8H16O2/c1-5(2)8(10)6(3)7(4)9/h5-6,8-10H,4H2,1-3H3. The van der Waals surface area contributed by atoms with E-state index in [0.29, 0.717) is 0 Å². The van der Waals surface area contributed by atoms with Gasteiger partial charge >= 0.3 is 0 Å². The summed E-state index contributed by atoms with van der Waals surface area (Å²) in [6.07, 6.45) is -0.488. The van der Waals surface area contributed by atoms with Crippen LogP contribution in [0.15, 0.2) is 12.3 Å². The van der Waals surface area contributed by atoms with Gasteiger partial charge in [-0.1, -0.05) is 27.4 Å². The molecule has 0 spiro atoms. The minimum atomic E-state index is -0.488. The van der Waals surface area contributed by atoms with Gasteiger partial charge in [0.05, 0.1) is 11.9 Å². The van der Waals surface area contributed by atoms with Gasteiger partial charge in [-0.15, -0.1) is 0 Å². The summed E-state index contributed by atoms with van der Waals surface area (Å²) in [5, 5.41) is 18.2. The lowest BCUT2D eigenvalue weighted by Crippen LogP contribution is -2.24. The number of rotatable bonds is 3. The number of hydrogen-bond acceptors (Lipinski definition) is 2. The second-order valence-corrected chi connectivity index (χ2v) is 3.01. The summed E-state index contributed by atoms with van der Waals surface area (Å²) < 4.78 is 0. The van der Waals surface area contributed by atoms with Crippen LogP contribution in [0.2, 0.25) is 0 Å². The molecule has 0 aliphatic carbocycles. The molecule has 2 nitrogen and oxygen atoms in total. The van der Waals surface area contributed by atoms with Gasteiger partial charge in [-0.25, -0.2) is 0 Å². The molecular formula is C8H16O2. The monoisotopic (exact) mass is 144 g/mol. The minimum Gasteiger partial charge on any atom is -0.513 e. The molecule has 0 radical (unpaired) electrons. The largest absolute Gasteiger partial charge is 0.513 e. The SMILES string of the molecule is C=C(O)C(C)C(O)C(C)C. The fourth-order valence-electron chi connectivity index (χ4n) is 0.774. The van der Waals surface area contributed by atoms with Crippen molar-refractivity contribution in [2.75, 3.05) is 0 Å². The molecule has 0 aromatic rings. The second-order valence-electron chi connectivity index (χ2n) is 3.01. The molecule has 2 unspecified atom stereocenters. The molecule has 0 fully saturated rings. The van der Waals surface area contributed by atoms with E-state index < -0.39 is 6.10 Å². The number of aliphatic hydroxyl groups is 2. The van der Waals surface area contributed by atoms with Crippen LogP contribution < -0.4 is 0 Å². The molecule has 10 heavy (non-hydrogen) atoms. The van der Waals surface area contributed by atoms with Gasteiger partial charge in [0.15, 0.2) is 0 Å². The van der Waals surface area contributed by atoms with Crippen LogP contribution in [-0.2, 0) is 0 Å². The van der Waals surface area contributed by atoms with E-state index in [1.165, 1.54) is 0 Å². The summed E-state index contributed by atoms with van der Waals surface area (Å²) in [5.41, 5.74) is 0. The van der Waals surface area contributed by atoms with Gasteiger partial charge in [0.2, 0.25) is 0 Å². The van der Waals surface area contributed by atoms with Gasteiger partial charge in [-0.3, -0.25) is 0 Å². The first-order valence-corrected chi connectivity index (χ1v) is 3.52. The van der Waals surface area contributed by atoms with Crippen molar-refractivity contribution in [3.05, 3.63) is 12.3 Å². The van der Waals surface area contributed by atoms with E-state index in [4.69, 9.17) is 5.11 Å². The third kappa shape index (κ3) is 2.40. The zero-order valence-electron chi connectivity index (χ0n) is 6.83. The van der Waals surface area contributed by atoms with Gasteiger partial charge in [0.25, 0.3) is 0 Å². The average Bonchev–Trinajstić information content (AvgIpc) is 1.84. The van der Waals surface area contributed by atoms with Gasteiger partial charge in [0.1, 0.15) is 0 Å². The highest BCUT2D eigenvalue weighted by atomic mass is 16.3. The third-order valence-corrected chi connectivity index (χ3v) is 1.72. The first-order valence-electron chi connectivity index (χ1n) is 3.52. The van der Waals surface area contributed by atoms with Gasteiger partial charge < -0.3 is 10.2 Å². The van der Waals surface area contributed by atoms with E-state index in [-0.39, 0.29) is 17.6 Å². The molecule has 60 valence electrons. The van der Waals surface area contributed by atoms with Crippen LogP contribution >= 0.6 is 0 Å². The van der Waals surface area contributed by atoms with Crippen molar-refractivity contribution >= 4 is 0 Å². The van der Waals surface area contributed by atoms with Crippen LogP contribution in [0.1, 0.15) is 20.8 Å². The Kier molecular flexibility index (Phi) is 3.43. The summed E-state index contributed by atoms with van der Waals surface area (Å²) in [6, 6.07) is 0. The molecule has 2 N–H and O–H groups in total. The lowest BCUT2D eigenvalue weighted by Gasteiger charge is -2.20. The molecule has 0 saturated heterocycles. The highest BCUT2D eigenvalue weighted by molar-refractivity contribution is 4.90. The number of hydrogen-bond donors (Lipinski definition) is 2. The first-order chi connectivity index (χ1) is 4.46. The average molecular weight is 144 g/mol. The fourth-order valence-corrected chi connectivity index (χ4v) is 0.774. The van der Waals surface area contributed by atoms with Gasteiger partial charge in [-0.2, -0.15) is 0 Å². The van der Waals surface area contributed by atoms with Gasteiger partial charge in [-0.05, 0) is 5.92 Å². The second kappa shape index (κ2) is 3.62. The highest BCUT2D eigenvalue weighted by Gasteiger charge is 2.19. The predicted octanol–water partition coefficient (Wildman–Crippen LogP) is 1.71. The minimum absolute atomic E-state index is 0.0567. The Balaban J connectivity index is 3.94. The molecule has 2 heteroatoms. The van der Waals surface area contributed by atoms with Crippen LogP contribution in [0, 0.1) is 11.8 Å². The molecular weight excluding hydrogens is 128 g/mol. The highest BCUT2D eigenvalue weighted by Crippen LogP contribution is 2.16. The maximum atomic E-state index is 9.34. The maximum absolute atomic E-state index is 9.34. The van der Waals surface area contributed by atoms with Crippen LogP contribution in [0.5, 0.6) is 0 Å². The summed E-state index contributed by atoms with van der Waals surface area (Å²) in [6.45, 7) is 8.92. The summed E-state index contributed by atoms with van der Waals surface area (Å²) in [4.78, 5) is 0. The molecule has 0 bridgehead atoms. The molecule has 2 atom stereocenters. The zero-order chi connectivity index (χ0) is 8.31. The molecule has 0 aromatic carbocycles. The third-order valence-electron chi connectivity index (χ3n) is 1.72. The van der Waals surface area contributed by atoms with E-state index in [2.05, 4.69) is 6.58 Å². The van der Waals surface area contributed by atoms with E-state index in [1.807, 2.05) is 13.8 Å². The van der Waals surface area contributed by atoms with Gasteiger partial charge in [0, 0.05) is 5.92 Å². The van der Waals surface area contributed by atoms with Crippen molar-refractivity contribution in [3.63, 3.8) is 0 Å². The van der Waals surface area contributed by atoms with Crippen LogP contribution in [0.3, 0.4) is 0 Å². The lowest BCUT2D eigenvalue weighted by molar-refractivity contribution is 0.0694. The first kappa shape index (κ1) is 9.50. The number of aliphatic hydroxyl groups excluding tert-OH is 2. The smallest absolute Gasteiger partial charge is 0.0905 e. The van der Waals surface area contributed by atoms with Crippen molar-refractivity contribution in [1.82, 2.24) is 0 Å². The Labute approximate surface area is 62.2 Å². The lowest BCUT2D eigenvalue weighted by atomic mass is 9.94. The van der Waals surface area contributed by atoms with Crippen LogP contribution in [0.4, 0.5) is 0 Å². The van der Waals surface area contributed by atoms with E-state index >= 15 is 0 Å². The van der Waals surface area contributed by atoms with Crippen molar-refractivity contribution in [2.45, 2.75) is 26.9 Å². The van der Waals surface area contributed by atoms with Crippen molar-refractivity contribution < 1.29 is 10.2 Å². The van der Waals surface area contributed by atoms with E-state index in [0.717, 1.165) is 0 Å². The molecule has 0 aliphatic rings. The van der Waals surface area contributed by atoms with E-state index in [1.54, 1.807) is 6.92 Å². The predicted molar refractivity (Wildman–Crippen MR) is 41.8 cm³/mol. The summed E-state index contributed by atoms with van der Waals surface area (Å²) in [7, 11) is 0. The Hall–Kier alpha value is -0.500. The molecule has 0 heterocycles. The Bertz CT molecular complexity index is 118. The topological polar surface area (TPSA) is 40.5 Å². The van der Waals surface area contributed by atoms with Crippen LogP contribution in [-0.4, -0.2) is 16.3 Å². The van der Waals surface area contributed by atoms with E-state index in [9.17, 15) is 5.11 Å². The van der Waals surface area contributed by atoms with Crippen molar-refractivity contribution in [3.8, 4) is 0 Å². The Morgan fingerprint density at radius 3 is 1.80 bits per heavy atom. The molecule has 0 aromatic heterocycles. The maximum Gasteiger partial charge on any atom is 0.0905 e. The van der Waals surface area contributed by atoms with Crippen molar-refractivity contribution in [1.29, 1.82) is 0 Å². The molecule has 0 rings (SSSR count).